The molecule has 0 aliphatic rings. The van der Waals surface area contributed by atoms with Crippen LogP contribution in [0.3, 0.4) is 0 Å². The number of pyridine rings is 2. The molecule has 3 heterocycles. The highest BCUT2D eigenvalue weighted by atomic mass is 16.3. The monoisotopic (exact) mass is 432 g/mol. The van der Waals surface area contributed by atoms with Gasteiger partial charge in [-0.05, 0) is 73.0 Å². The lowest BCUT2D eigenvalue weighted by Crippen LogP contribution is -2.12. The van der Waals surface area contributed by atoms with E-state index in [9.17, 15) is 0 Å². The Balaban J connectivity index is 1.54. The zero-order chi connectivity index (χ0) is 23.2. The molecule has 0 aliphatic carbocycles. The lowest BCUT2D eigenvalue weighted by Gasteiger charge is -2.17. The number of aromatic nitrogens is 2. The number of benzene rings is 2. The Morgan fingerprint density at radius 3 is 2.21 bits per heavy atom. The minimum Gasteiger partial charge on any atom is -0.456 e. The van der Waals surface area contributed by atoms with Gasteiger partial charge in [-0.15, -0.1) is 0 Å². The number of rotatable bonds is 3. The van der Waals surface area contributed by atoms with E-state index in [4.69, 9.17) is 4.42 Å². The quantitative estimate of drug-likeness (QED) is 0.289. The molecular formula is C30H28N2O. The summed E-state index contributed by atoms with van der Waals surface area (Å²) in [5, 5.41) is 1.13. The standard InChI is InChI=1S/C30H28N2O/c1-19-13-14-31-26(15-19)23-8-6-7-21(16-23)22-9-11-27-25(17-22)20(2)29(33-27)24-10-12-28(32-18-24)30(3,4)5/h6-18H,1-5H3. The molecule has 3 nitrogen and oxygen atoms in total. The van der Waals surface area contributed by atoms with Crippen molar-refractivity contribution in [2.24, 2.45) is 0 Å². The molecule has 3 aromatic heterocycles. The van der Waals surface area contributed by atoms with Gasteiger partial charge in [-0.2, -0.15) is 0 Å². The van der Waals surface area contributed by atoms with Crippen molar-refractivity contribution < 1.29 is 4.42 Å². The minimum atomic E-state index is 0.0266. The normalized spacial score (nSPS) is 11.8. The first kappa shape index (κ1) is 21.1. The first-order valence-electron chi connectivity index (χ1n) is 11.3. The number of hydrogen-bond acceptors (Lipinski definition) is 3. The molecule has 0 spiro atoms. The van der Waals surface area contributed by atoms with Gasteiger partial charge in [0.1, 0.15) is 11.3 Å². The molecule has 3 heteroatoms. The first-order chi connectivity index (χ1) is 15.8. The zero-order valence-electron chi connectivity index (χ0n) is 19.8. The molecule has 0 aliphatic heterocycles. The predicted molar refractivity (Wildman–Crippen MR) is 136 cm³/mol. The first-order valence-corrected chi connectivity index (χ1v) is 11.3. The van der Waals surface area contributed by atoms with Gasteiger partial charge in [0.2, 0.25) is 0 Å². The molecule has 0 atom stereocenters. The van der Waals surface area contributed by atoms with Crippen molar-refractivity contribution in [3.8, 4) is 33.7 Å². The number of fused-ring (bicyclic) bond motifs is 1. The van der Waals surface area contributed by atoms with Crippen LogP contribution in [0.15, 0.2) is 83.5 Å². The summed E-state index contributed by atoms with van der Waals surface area (Å²) in [4.78, 5) is 9.23. The second-order valence-corrected chi connectivity index (χ2v) is 9.75. The van der Waals surface area contributed by atoms with Gasteiger partial charge in [-0.1, -0.05) is 45.0 Å². The Labute approximate surface area is 195 Å². The summed E-state index contributed by atoms with van der Waals surface area (Å²) in [6.07, 6.45) is 3.78. The van der Waals surface area contributed by atoms with E-state index in [1.807, 2.05) is 18.5 Å². The maximum absolute atomic E-state index is 6.26. The van der Waals surface area contributed by atoms with E-state index in [1.165, 1.54) is 5.56 Å². The summed E-state index contributed by atoms with van der Waals surface area (Å²) in [6, 6.07) is 23.3. The number of nitrogens with zero attached hydrogens (tertiary/aromatic N) is 2. The zero-order valence-corrected chi connectivity index (χ0v) is 19.8. The third-order valence-corrected chi connectivity index (χ3v) is 6.14. The molecular weight excluding hydrogens is 404 g/mol. The van der Waals surface area contributed by atoms with Crippen LogP contribution in [0.4, 0.5) is 0 Å². The van der Waals surface area contributed by atoms with E-state index >= 15 is 0 Å². The van der Waals surface area contributed by atoms with Crippen LogP contribution >= 0.6 is 0 Å². The summed E-state index contributed by atoms with van der Waals surface area (Å²) in [5.74, 6) is 0.882. The van der Waals surface area contributed by atoms with E-state index in [1.54, 1.807) is 0 Å². The predicted octanol–water partition coefficient (Wildman–Crippen LogP) is 8.14. The molecule has 164 valence electrons. The maximum atomic E-state index is 6.26. The molecule has 33 heavy (non-hydrogen) atoms. The van der Waals surface area contributed by atoms with Crippen molar-refractivity contribution in [2.75, 3.05) is 0 Å². The highest BCUT2D eigenvalue weighted by molar-refractivity contribution is 5.91. The topological polar surface area (TPSA) is 38.9 Å². The van der Waals surface area contributed by atoms with Crippen LogP contribution < -0.4 is 0 Å². The van der Waals surface area contributed by atoms with Crippen LogP contribution in [-0.2, 0) is 5.41 Å². The molecule has 5 aromatic rings. The third kappa shape index (κ3) is 4.07. The second-order valence-electron chi connectivity index (χ2n) is 9.75. The van der Waals surface area contributed by atoms with Crippen molar-refractivity contribution in [1.82, 2.24) is 9.97 Å². The summed E-state index contributed by atoms with van der Waals surface area (Å²) >= 11 is 0. The number of hydrogen-bond donors (Lipinski definition) is 0. The summed E-state index contributed by atoms with van der Waals surface area (Å²) in [5.41, 5.74) is 9.77. The minimum absolute atomic E-state index is 0.0266. The largest absolute Gasteiger partial charge is 0.456 e. The summed E-state index contributed by atoms with van der Waals surface area (Å²) < 4.78 is 6.26. The summed E-state index contributed by atoms with van der Waals surface area (Å²) in [7, 11) is 0. The van der Waals surface area contributed by atoms with Crippen molar-refractivity contribution in [2.45, 2.75) is 40.0 Å². The molecule has 0 radical (unpaired) electrons. The van der Waals surface area contributed by atoms with E-state index in [0.717, 1.165) is 55.9 Å². The second kappa shape index (κ2) is 8.00. The van der Waals surface area contributed by atoms with Gasteiger partial charge in [0, 0.05) is 45.6 Å². The number of aryl methyl sites for hydroxylation is 2. The molecule has 0 fully saturated rings. The average molecular weight is 433 g/mol. The van der Waals surface area contributed by atoms with Gasteiger partial charge in [0.05, 0.1) is 5.69 Å². The molecule has 5 rings (SSSR count). The van der Waals surface area contributed by atoms with Crippen LogP contribution in [0, 0.1) is 13.8 Å². The van der Waals surface area contributed by atoms with Crippen molar-refractivity contribution >= 4 is 11.0 Å². The van der Waals surface area contributed by atoms with Gasteiger partial charge in [0.25, 0.3) is 0 Å². The third-order valence-electron chi connectivity index (χ3n) is 6.14. The Kier molecular flexibility index (Phi) is 5.13. The Bertz CT molecular complexity index is 1450. The Morgan fingerprint density at radius 2 is 1.48 bits per heavy atom. The molecule has 0 unspecified atom stereocenters. The Morgan fingerprint density at radius 1 is 0.727 bits per heavy atom. The van der Waals surface area contributed by atoms with Crippen LogP contribution in [-0.4, -0.2) is 9.97 Å². The lowest BCUT2D eigenvalue weighted by atomic mass is 9.91. The van der Waals surface area contributed by atoms with E-state index in [-0.39, 0.29) is 5.41 Å². The summed E-state index contributed by atoms with van der Waals surface area (Å²) in [6.45, 7) is 10.7. The van der Waals surface area contributed by atoms with Crippen molar-refractivity contribution in [3.63, 3.8) is 0 Å². The number of furan rings is 1. The molecule has 2 aromatic carbocycles. The molecule has 0 N–H and O–H groups in total. The van der Waals surface area contributed by atoms with Crippen LogP contribution in [0.5, 0.6) is 0 Å². The molecule has 0 bridgehead atoms. The van der Waals surface area contributed by atoms with E-state index < -0.39 is 0 Å². The average Bonchev–Trinajstić information content (AvgIpc) is 3.14. The van der Waals surface area contributed by atoms with Gasteiger partial charge < -0.3 is 4.42 Å². The SMILES string of the molecule is Cc1ccnc(-c2cccc(-c3ccc4oc(-c5ccc(C(C)(C)C)nc5)c(C)c4c3)c2)c1. The highest BCUT2D eigenvalue weighted by Crippen LogP contribution is 2.36. The molecule has 0 saturated heterocycles. The lowest BCUT2D eigenvalue weighted by molar-refractivity contribution is 0.568. The van der Waals surface area contributed by atoms with E-state index in [2.05, 4.69) is 105 Å². The van der Waals surface area contributed by atoms with E-state index in [0.29, 0.717) is 0 Å². The van der Waals surface area contributed by atoms with Gasteiger partial charge >= 0.3 is 0 Å². The van der Waals surface area contributed by atoms with Crippen LogP contribution in [0.25, 0.3) is 44.7 Å². The fourth-order valence-corrected chi connectivity index (χ4v) is 4.20. The van der Waals surface area contributed by atoms with Gasteiger partial charge in [0.15, 0.2) is 0 Å². The maximum Gasteiger partial charge on any atom is 0.139 e. The highest BCUT2D eigenvalue weighted by Gasteiger charge is 2.18. The fraction of sp³-hybridized carbons (Fsp3) is 0.200. The van der Waals surface area contributed by atoms with Crippen molar-refractivity contribution in [3.05, 3.63) is 95.9 Å². The van der Waals surface area contributed by atoms with Gasteiger partial charge in [-0.3, -0.25) is 9.97 Å². The van der Waals surface area contributed by atoms with Crippen LogP contribution in [0.1, 0.15) is 37.6 Å². The smallest absolute Gasteiger partial charge is 0.139 e. The van der Waals surface area contributed by atoms with Gasteiger partial charge in [-0.25, -0.2) is 0 Å². The van der Waals surface area contributed by atoms with Crippen molar-refractivity contribution in [1.29, 1.82) is 0 Å². The molecule has 0 amide bonds. The molecule has 0 saturated carbocycles. The van der Waals surface area contributed by atoms with Crippen LogP contribution in [0.2, 0.25) is 0 Å². The Hall–Kier alpha value is -3.72. The fourth-order valence-electron chi connectivity index (χ4n) is 4.20.